The molecule has 0 aliphatic rings. The van der Waals surface area contributed by atoms with Crippen LogP contribution in [0.15, 0.2) is 30.6 Å². The van der Waals surface area contributed by atoms with Gasteiger partial charge in [0.1, 0.15) is 5.69 Å². The molecule has 0 saturated heterocycles. The molecule has 0 saturated carbocycles. The number of carbonyl (C=O) groups is 1. The van der Waals surface area contributed by atoms with Crippen molar-refractivity contribution in [3.8, 4) is 11.8 Å². The molecule has 1 aromatic heterocycles. The normalized spacial score (nSPS) is 9.67. The van der Waals surface area contributed by atoms with Gasteiger partial charge in [-0.15, -0.1) is 0 Å². The maximum absolute atomic E-state index is 12.1. The third kappa shape index (κ3) is 3.88. The smallest absolute Gasteiger partial charge is 0.275 e. The Morgan fingerprint density at radius 2 is 2.10 bits per heavy atom. The molecule has 1 heterocycles. The van der Waals surface area contributed by atoms with E-state index in [2.05, 4.69) is 27.1 Å². The monoisotopic (exact) mass is 280 g/mol. The van der Waals surface area contributed by atoms with Gasteiger partial charge in [-0.25, -0.2) is 4.98 Å². The van der Waals surface area contributed by atoms with Crippen LogP contribution in [0.3, 0.4) is 0 Å². The lowest BCUT2D eigenvalue weighted by atomic mass is 10.1. The first kappa shape index (κ1) is 14.7. The van der Waals surface area contributed by atoms with Gasteiger partial charge in [0.2, 0.25) is 0 Å². The highest BCUT2D eigenvalue weighted by molar-refractivity contribution is 6.02. The third-order valence-corrected chi connectivity index (χ3v) is 2.83. The van der Waals surface area contributed by atoms with Crippen molar-refractivity contribution in [2.75, 3.05) is 11.9 Å². The highest BCUT2D eigenvalue weighted by Gasteiger charge is 2.08. The summed E-state index contributed by atoms with van der Waals surface area (Å²) in [6.45, 7) is 4.07. The van der Waals surface area contributed by atoms with Gasteiger partial charge in [0.05, 0.1) is 18.4 Å². The second kappa shape index (κ2) is 6.64. The Labute approximate surface area is 123 Å². The van der Waals surface area contributed by atoms with Gasteiger partial charge in [0.15, 0.2) is 0 Å². The van der Waals surface area contributed by atoms with Crippen molar-refractivity contribution in [1.82, 2.24) is 9.97 Å². The number of amides is 1. The quantitative estimate of drug-likeness (QED) is 0.820. The summed E-state index contributed by atoms with van der Waals surface area (Å²) in [5.41, 5.74) is 8.95. The molecule has 2 rings (SSSR count). The van der Waals surface area contributed by atoms with Crippen LogP contribution in [-0.4, -0.2) is 22.4 Å². The number of hydrogen-bond donors (Lipinski definition) is 2. The predicted octanol–water partition coefficient (Wildman–Crippen LogP) is 1.66. The average molecular weight is 280 g/mol. The summed E-state index contributed by atoms with van der Waals surface area (Å²) in [4.78, 5) is 20.2. The maximum atomic E-state index is 12.1. The van der Waals surface area contributed by atoms with E-state index in [0.717, 1.165) is 16.8 Å². The van der Waals surface area contributed by atoms with Gasteiger partial charge in [-0.05, 0) is 31.5 Å². The molecule has 0 radical (unpaired) electrons. The Morgan fingerprint density at radius 3 is 2.76 bits per heavy atom. The molecule has 0 atom stereocenters. The van der Waals surface area contributed by atoms with Crippen LogP contribution in [0.4, 0.5) is 5.69 Å². The fourth-order valence-corrected chi connectivity index (χ4v) is 1.69. The summed E-state index contributed by atoms with van der Waals surface area (Å²) < 4.78 is 0. The van der Waals surface area contributed by atoms with E-state index < -0.39 is 0 Å². The topological polar surface area (TPSA) is 80.9 Å². The number of carbonyl (C=O) groups excluding carboxylic acids is 1. The summed E-state index contributed by atoms with van der Waals surface area (Å²) in [5.74, 6) is 5.48. The highest BCUT2D eigenvalue weighted by Crippen LogP contribution is 2.15. The second-order valence-corrected chi connectivity index (χ2v) is 4.53. The van der Waals surface area contributed by atoms with Gasteiger partial charge >= 0.3 is 0 Å². The highest BCUT2D eigenvalue weighted by atomic mass is 16.1. The van der Waals surface area contributed by atoms with Crippen molar-refractivity contribution < 1.29 is 4.79 Å². The molecule has 21 heavy (non-hydrogen) atoms. The van der Waals surface area contributed by atoms with Crippen LogP contribution >= 0.6 is 0 Å². The number of anilines is 1. The van der Waals surface area contributed by atoms with E-state index in [0.29, 0.717) is 12.2 Å². The molecule has 0 aliphatic carbocycles. The summed E-state index contributed by atoms with van der Waals surface area (Å²) in [5, 5.41) is 2.78. The minimum atomic E-state index is -0.302. The molecule has 5 heteroatoms. The number of hydrogen-bond acceptors (Lipinski definition) is 4. The minimum absolute atomic E-state index is 0.274. The first-order chi connectivity index (χ1) is 10.1. The largest absolute Gasteiger partial charge is 0.321 e. The van der Waals surface area contributed by atoms with E-state index in [-0.39, 0.29) is 11.6 Å². The Balaban J connectivity index is 2.19. The zero-order valence-corrected chi connectivity index (χ0v) is 12.0. The molecule has 0 spiro atoms. The summed E-state index contributed by atoms with van der Waals surface area (Å²) in [6, 6.07) is 5.54. The number of nitrogens with zero attached hydrogens (tertiary/aromatic N) is 2. The van der Waals surface area contributed by atoms with Crippen LogP contribution in [0.5, 0.6) is 0 Å². The number of aromatic nitrogens is 2. The molecule has 0 unspecified atom stereocenters. The zero-order valence-electron chi connectivity index (χ0n) is 12.0. The van der Waals surface area contributed by atoms with Crippen molar-refractivity contribution >= 4 is 11.6 Å². The van der Waals surface area contributed by atoms with E-state index in [1.54, 1.807) is 6.20 Å². The first-order valence-corrected chi connectivity index (χ1v) is 6.49. The number of benzene rings is 1. The van der Waals surface area contributed by atoms with Crippen molar-refractivity contribution in [3.63, 3.8) is 0 Å². The van der Waals surface area contributed by atoms with Gasteiger partial charge in [0.25, 0.3) is 5.91 Å². The van der Waals surface area contributed by atoms with Crippen molar-refractivity contribution in [3.05, 3.63) is 53.1 Å². The molecule has 1 amide bonds. The molecule has 0 aliphatic heterocycles. The molecule has 0 fully saturated rings. The van der Waals surface area contributed by atoms with E-state index in [1.807, 2.05) is 32.0 Å². The number of rotatable bonds is 2. The fourth-order valence-electron chi connectivity index (χ4n) is 1.69. The number of aryl methyl sites for hydroxylation is 2. The zero-order chi connectivity index (χ0) is 15.2. The Morgan fingerprint density at radius 1 is 1.29 bits per heavy atom. The van der Waals surface area contributed by atoms with Gasteiger partial charge in [-0.2, -0.15) is 0 Å². The molecule has 0 bridgehead atoms. The fraction of sp³-hybridized carbons (Fsp3) is 0.188. The third-order valence-electron chi connectivity index (χ3n) is 2.83. The minimum Gasteiger partial charge on any atom is -0.321 e. The predicted molar refractivity (Wildman–Crippen MR) is 81.8 cm³/mol. The van der Waals surface area contributed by atoms with Crippen LogP contribution in [-0.2, 0) is 0 Å². The van der Waals surface area contributed by atoms with Gasteiger partial charge < -0.3 is 11.1 Å². The van der Waals surface area contributed by atoms with Gasteiger partial charge in [0, 0.05) is 17.4 Å². The summed E-state index contributed by atoms with van der Waals surface area (Å²) >= 11 is 0. The molecular formula is C16H16N4O. The van der Waals surface area contributed by atoms with Crippen LogP contribution < -0.4 is 11.1 Å². The Bertz CT molecular complexity index is 711. The van der Waals surface area contributed by atoms with Gasteiger partial charge in [-0.1, -0.05) is 17.9 Å². The Hall–Kier alpha value is -2.71. The van der Waals surface area contributed by atoms with E-state index in [9.17, 15) is 4.79 Å². The SMILES string of the molecule is Cc1cnc(C(=O)Nc2ccc(C)c(C#CCN)c2)cn1. The van der Waals surface area contributed by atoms with Crippen molar-refractivity contribution in [2.24, 2.45) is 5.73 Å². The van der Waals surface area contributed by atoms with Crippen LogP contribution in [0.25, 0.3) is 0 Å². The van der Waals surface area contributed by atoms with Crippen LogP contribution in [0.1, 0.15) is 27.3 Å². The summed E-state index contributed by atoms with van der Waals surface area (Å²) in [6.07, 6.45) is 3.01. The lowest BCUT2D eigenvalue weighted by Gasteiger charge is -2.06. The van der Waals surface area contributed by atoms with Crippen LogP contribution in [0, 0.1) is 25.7 Å². The van der Waals surface area contributed by atoms with E-state index >= 15 is 0 Å². The maximum Gasteiger partial charge on any atom is 0.275 e. The van der Waals surface area contributed by atoms with Crippen molar-refractivity contribution in [1.29, 1.82) is 0 Å². The number of nitrogens with two attached hydrogens (primary N) is 1. The Kier molecular flexibility index (Phi) is 4.64. The molecule has 106 valence electrons. The molecular weight excluding hydrogens is 264 g/mol. The van der Waals surface area contributed by atoms with Crippen molar-refractivity contribution in [2.45, 2.75) is 13.8 Å². The van der Waals surface area contributed by atoms with Gasteiger partial charge in [-0.3, -0.25) is 9.78 Å². The van der Waals surface area contributed by atoms with E-state index in [4.69, 9.17) is 5.73 Å². The molecule has 3 N–H and O–H groups in total. The number of nitrogens with one attached hydrogen (secondary N) is 1. The molecule has 2 aromatic rings. The summed E-state index contributed by atoms with van der Waals surface area (Å²) in [7, 11) is 0. The lowest BCUT2D eigenvalue weighted by molar-refractivity contribution is 0.102. The average Bonchev–Trinajstić information content (AvgIpc) is 2.48. The van der Waals surface area contributed by atoms with E-state index in [1.165, 1.54) is 6.20 Å². The van der Waals surface area contributed by atoms with Crippen LogP contribution in [0.2, 0.25) is 0 Å². The second-order valence-electron chi connectivity index (χ2n) is 4.53. The standard InChI is InChI=1S/C16H16N4O/c1-11-5-6-14(8-13(11)4-3-7-17)20-16(21)15-10-18-12(2)9-19-15/h5-6,8-10H,7,17H2,1-2H3,(H,20,21). The molecule has 1 aromatic carbocycles. The first-order valence-electron chi connectivity index (χ1n) is 6.49. The lowest BCUT2D eigenvalue weighted by Crippen LogP contribution is -2.14. The molecule has 5 nitrogen and oxygen atoms in total.